The SMILES string of the molecule is CCn1ncc(-c2ccn(-c3ccc(-n4cc(C#N)c(N)c4C(=O)OC)cc3)n2)c1C. The normalized spacial score (nSPS) is 10.8. The van der Waals surface area contributed by atoms with Gasteiger partial charge >= 0.3 is 5.97 Å². The molecule has 31 heavy (non-hydrogen) atoms. The van der Waals surface area contributed by atoms with Crippen LogP contribution in [0.1, 0.15) is 28.7 Å². The van der Waals surface area contributed by atoms with Crippen molar-refractivity contribution in [3.8, 4) is 28.7 Å². The zero-order valence-corrected chi connectivity index (χ0v) is 17.4. The molecule has 0 aliphatic heterocycles. The molecule has 0 amide bonds. The van der Waals surface area contributed by atoms with E-state index >= 15 is 0 Å². The molecule has 0 saturated carbocycles. The van der Waals surface area contributed by atoms with E-state index in [2.05, 4.69) is 10.2 Å². The van der Waals surface area contributed by atoms with Gasteiger partial charge in [-0.15, -0.1) is 0 Å². The number of rotatable bonds is 5. The Kier molecular flexibility index (Phi) is 5.05. The van der Waals surface area contributed by atoms with Gasteiger partial charge in [0.05, 0.1) is 35.9 Å². The van der Waals surface area contributed by atoms with Gasteiger partial charge in [0.25, 0.3) is 0 Å². The minimum Gasteiger partial charge on any atom is -0.464 e. The summed E-state index contributed by atoms with van der Waals surface area (Å²) in [6.07, 6.45) is 5.23. The summed E-state index contributed by atoms with van der Waals surface area (Å²) in [6.45, 7) is 4.88. The van der Waals surface area contributed by atoms with Crippen molar-refractivity contribution in [3.05, 3.63) is 65.9 Å². The summed E-state index contributed by atoms with van der Waals surface area (Å²) in [7, 11) is 1.27. The third-order valence-corrected chi connectivity index (χ3v) is 5.20. The number of hydrogen-bond donors (Lipinski definition) is 1. The van der Waals surface area contributed by atoms with Crippen molar-refractivity contribution in [2.24, 2.45) is 0 Å². The van der Waals surface area contributed by atoms with Crippen LogP contribution in [0.4, 0.5) is 5.69 Å². The van der Waals surface area contributed by atoms with Gasteiger partial charge in [0.15, 0.2) is 5.69 Å². The summed E-state index contributed by atoms with van der Waals surface area (Å²) < 4.78 is 10.1. The van der Waals surface area contributed by atoms with Gasteiger partial charge in [-0.25, -0.2) is 9.48 Å². The molecule has 4 rings (SSSR count). The van der Waals surface area contributed by atoms with Crippen LogP contribution in [0.2, 0.25) is 0 Å². The van der Waals surface area contributed by atoms with Crippen LogP contribution < -0.4 is 5.73 Å². The van der Waals surface area contributed by atoms with E-state index in [-0.39, 0.29) is 16.9 Å². The van der Waals surface area contributed by atoms with Crippen molar-refractivity contribution in [3.63, 3.8) is 0 Å². The maximum Gasteiger partial charge on any atom is 0.357 e. The van der Waals surface area contributed by atoms with E-state index in [0.29, 0.717) is 5.69 Å². The highest BCUT2D eigenvalue weighted by Gasteiger charge is 2.21. The van der Waals surface area contributed by atoms with Crippen LogP contribution in [-0.4, -0.2) is 37.2 Å². The number of ether oxygens (including phenoxy) is 1. The van der Waals surface area contributed by atoms with Crippen molar-refractivity contribution in [2.75, 3.05) is 12.8 Å². The molecule has 9 nitrogen and oxygen atoms in total. The number of benzene rings is 1. The molecular weight excluding hydrogens is 394 g/mol. The first kappa shape index (κ1) is 20.0. The number of methoxy groups -OCH3 is 1. The third-order valence-electron chi connectivity index (χ3n) is 5.20. The molecule has 1 aromatic carbocycles. The maximum absolute atomic E-state index is 12.2. The number of aromatic nitrogens is 5. The van der Waals surface area contributed by atoms with Crippen LogP contribution in [0.3, 0.4) is 0 Å². The number of nitrogen functional groups attached to an aromatic ring is 1. The molecule has 0 aliphatic rings. The Labute approximate surface area is 178 Å². The van der Waals surface area contributed by atoms with E-state index < -0.39 is 5.97 Å². The van der Waals surface area contributed by atoms with E-state index in [1.807, 2.05) is 67.3 Å². The van der Waals surface area contributed by atoms with Crippen molar-refractivity contribution < 1.29 is 9.53 Å². The van der Waals surface area contributed by atoms with Gasteiger partial charge in [0.1, 0.15) is 6.07 Å². The summed E-state index contributed by atoms with van der Waals surface area (Å²) in [5.74, 6) is -0.609. The number of carbonyl (C=O) groups excluding carboxylic acids is 1. The monoisotopic (exact) mass is 415 g/mol. The van der Waals surface area contributed by atoms with Gasteiger partial charge in [-0.05, 0) is 44.2 Å². The lowest BCUT2D eigenvalue weighted by Gasteiger charge is -2.09. The van der Waals surface area contributed by atoms with Crippen LogP contribution in [0.15, 0.2) is 48.9 Å². The van der Waals surface area contributed by atoms with Crippen LogP contribution in [0.5, 0.6) is 0 Å². The number of carbonyl (C=O) groups is 1. The van der Waals surface area contributed by atoms with Crippen molar-refractivity contribution >= 4 is 11.7 Å². The molecule has 3 heterocycles. The largest absolute Gasteiger partial charge is 0.464 e. The Morgan fingerprint density at radius 2 is 1.94 bits per heavy atom. The maximum atomic E-state index is 12.2. The number of nitriles is 1. The Balaban J connectivity index is 1.67. The fourth-order valence-corrected chi connectivity index (χ4v) is 3.51. The molecule has 0 atom stereocenters. The van der Waals surface area contributed by atoms with Crippen molar-refractivity contribution in [2.45, 2.75) is 20.4 Å². The molecule has 0 bridgehead atoms. The van der Waals surface area contributed by atoms with Crippen molar-refractivity contribution in [1.29, 1.82) is 5.26 Å². The van der Waals surface area contributed by atoms with Crippen LogP contribution >= 0.6 is 0 Å². The lowest BCUT2D eigenvalue weighted by Crippen LogP contribution is -2.11. The molecule has 0 unspecified atom stereocenters. The third kappa shape index (κ3) is 3.34. The standard InChI is InChI=1S/C22H21N7O2/c1-4-28-14(2)18(12-25-28)19-9-10-29(26-19)17-7-5-16(6-8-17)27-13-15(11-23)20(24)21(27)22(30)31-3/h5-10,12-13H,4,24H2,1-3H3. The number of anilines is 1. The van der Waals surface area contributed by atoms with Crippen LogP contribution in [0, 0.1) is 18.3 Å². The molecule has 0 spiro atoms. The fourth-order valence-electron chi connectivity index (χ4n) is 3.51. The Hall–Kier alpha value is -4.32. The first-order valence-electron chi connectivity index (χ1n) is 9.67. The molecule has 0 radical (unpaired) electrons. The average molecular weight is 415 g/mol. The minimum atomic E-state index is -0.609. The lowest BCUT2D eigenvalue weighted by atomic mass is 10.2. The molecule has 3 aromatic heterocycles. The van der Waals surface area contributed by atoms with Gasteiger partial charge in [0.2, 0.25) is 0 Å². The summed E-state index contributed by atoms with van der Waals surface area (Å²) >= 11 is 0. The highest BCUT2D eigenvalue weighted by molar-refractivity contribution is 5.95. The number of aryl methyl sites for hydroxylation is 1. The summed E-state index contributed by atoms with van der Waals surface area (Å²) in [5.41, 5.74) is 10.8. The lowest BCUT2D eigenvalue weighted by molar-refractivity contribution is 0.0593. The Morgan fingerprint density at radius 3 is 2.55 bits per heavy atom. The van der Waals surface area contributed by atoms with Crippen molar-refractivity contribution in [1.82, 2.24) is 24.1 Å². The topological polar surface area (TPSA) is 117 Å². The zero-order valence-electron chi connectivity index (χ0n) is 17.4. The molecule has 156 valence electrons. The van der Waals surface area contributed by atoms with Gasteiger partial charge in [-0.2, -0.15) is 15.5 Å². The van der Waals surface area contributed by atoms with Gasteiger partial charge < -0.3 is 15.0 Å². The first-order valence-corrected chi connectivity index (χ1v) is 9.67. The molecule has 0 aliphatic carbocycles. The predicted octanol–water partition coefficient (Wildman–Crippen LogP) is 3.10. The average Bonchev–Trinajstić information content (AvgIpc) is 3.50. The number of esters is 1. The highest BCUT2D eigenvalue weighted by Crippen LogP contribution is 2.26. The summed E-state index contributed by atoms with van der Waals surface area (Å²) in [5, 5.41) is 18.3. The van der Waals surface area contributed by atoms with Crippen LogP contribution in [-0.2, 0) is 11.3 Å². The van der Waals surface area contributed by atoms with Gasteiger partial charge in [-0.1, -0.05) is 0 Å². The minimum absolute atomic E-state index is 0.0955. The number of hydrogen-bond acceptors (Lipinski definition) is 6. The number of nitrogens with zero attached hydrogens (tertiary/aromatic N) is 6. The second-order valence-corrected chi connectivity index (χ2v) is 6.90. The van der Waals surface area contributed by atoms with Gasteiger partial charge in [0, 0.05) is 35.9 Å². The Morgan fingerprint density at radius 1 is 1.23 bits per heavy atom. The Bertz CT molecular complexity index is 1300. The molecule has 0 fully saturated rings. The quantitative estimate of drug-likeness (QED) is 0.501. The van der Waals surface area contributed by atoms with E-state index in [9.17, 15) is 10.1 Å². The molecule has 0 saturated heterocycles. The van der Waals surface area contributed by atoms with Crippen LogP contribution in [0.25, 0.3) is 22.6 Å². The predicted molar refractivity (Wildman–Crippen MR) is 115 cm³/mol. The summed E-state index contributed by atoms with van der Waals surface area (Å²) in [6, 6.07) is 11.3. The van der Waals surface area contributed by atoms with E-state index in [0.717, 1.165) is 29.2 Å². The molecule has 9 heteroatoms. The fraction of sp³-hybridized carbons (Fsp3) is 0.182. The van der Waals surface area contributed by atoms with E-state index in [1.165, 1.54) is 13.3 Å². The second kappa shape index (κ2) is 7.84. The number of nitrogens with two attached hydrogens (primary N) is 1. The van der Waals surface area contributed by atoms with E-state index in [4.69, 9.17) is 10.5 Å². The molecule has 4 aromatic rings. The molecule has 2 N–H and O–H groups in total. The highest BCUT2D eigenvalue weighted by atomic mass is 16.5. The van der Waals surface area contributed by atoms with Gasteiger partial charge in [-0.3, -0.25) is 4.68 Å². The van der Waals surface area contributed by atoms with E-state index in [1.54, 1.807) is 9.25 Å². The summed E-state index contributed by atoms with van der Waals surface area (Å²) in [4.78, 5) is 12.2. The smallest absolute Gasteiger partial charge is 0.357 e. The second-order valence-electron chi connectivity index (χ2n) is 6.90. The molecular formula is C22H21N7O2. The first-order chi connectivity index (χ1) is 15.0. The zero-order chi connectivity index (χ0) is 22.1.